The zero-order chi connectivity index (χ0) is 15.4. The fraction of sp³-hybridized carbons (Fsp3) is 0.474. The normalized spacial score (nSPS) is 17.5. The van der Waals surface area contributed by atoms with Crippen molar-refractivity contribution in [2.75, 3.05) is 32.8 Å². The summed E-state index contributed by atoms with van der Waals surface area (Å²) in [6.45, 7) is 9.41. The molecule has 0 aromatic heterocycles. The number of nitrogens with one attached hydrogen (secondary N) is 1. The second kappa shape index (κ2) is 7.12. The molecule has 0 aliphatic carbocycles. The molecule has 118 valence electrons. The molecule has 1 heterocycles. The molecule has 0 spiro atoms. The summed E-state index contributed by atoms with van der Waals surface area (Å²) < 4.78 is 5.98. The number of rotatable bonds is 5. The molecule has 0 unspecified atom stereocenters. The van der Waals surface area contributed by atoms with Crippen LogP contribution in [0.15, 0.2) is 36.4 Å². The lowest BCUT2D eigenvalue weighted by molar-refractivity contribution is 0.166. The third-order valence-electron chi connectivity index (χ3n) is 4.54. The summed E-state index contributed by atoms with van der Waals surface area (Å²) in [6.07, 6.45) is 1.11. The van der Waals surface area contributed by atoms with Crippen molar-refractivity contribution >= 4 is 10.8 Å². The Morgan fingerprint density at radius 2 is 1.86 bits per heavy atom. The molecule has 0 amide bonds. The van der Waals surface area contributed by atoms with E-state index in [1.165, 1.54) is 16.3 Å². The van der Waals surface area contributed by atoms with Crippen LogP contribution in [0.5, 0.6) is 5.75 Å². The van der Waals surface area contributed by atoms with Crippen molar-refractivity contribution in [1.29, 1.82) is 0 Å². The topological polar surface area (TPSA) is 24.5 Å². The van der Waals surface area contributed by atoms with Crippen LogP contribution in [-0.2, 0) is 0 Å². The summed E-state index contributed by atoms with van der Waals surface area (Å²) >= 11 is 0. The van der Waals surface area contributed by atoms with Gasteiger partial charge in [-0.05, 0) is 30.2 Å². The Kier molecular flexibility index (Phi) is 4.96. The van der Waals surface area contributed by atoms with Crippen molar-refractivity contribution in [3.05, 3.63) is 42.0 Å². The van der Waals surface area contributed by atoms with Gasteiger partial charge in [0.25, 0.3) is 0 Å². The molecular weight excluding hydrogens is 272 g/mol. The fourth-order valence-electron chi connectivity index (χ4n) is 3.54. The van der Waals surface area contributed by atoms with Gasteiger partial charge in [-0.15, -0.1) is 0 Å². The van der Waals surface area contributed by atoms with Gasteiger partial charge in [0.15, 0.2) is 0 Å². The van der Waals surface area contributed by atoms with Crippen LogP contribution in [0.2, 0.25) is 0 Å². The SMILES string of the molecule is CCOc1ccc2ccccc2c1[C@H](CC)N1CCNCC1. The highest BCUT2D eigenvalue weighted by atomic mass is 16.5. The number of benzene rings is 2. The first-order chi connectivity index (χ1) is 10.8. The summed E-state index contributed by atoms with van der Waals surface area (Å²) in [5, 5.41) is 6.08. The van der Waals surface area contributed by atoms with Crippen LogP contribution in [-0.4, -0.2) is 37.7 Å². The van der Waals surface area contributed by atoms with Crippen molar-refractivity contribution in [2.24, 2.45) is 0 Å². The summed E-state index contributed by atoms with van der Waals surface area (Å²) in [5.74, 6) is 1.05. The second-order valence-corrected chi connectivity index (χ2v) is 5.84. The number of hydrogen-bond acceptors (Lipinski definition) is 3. The molecule has 2 aromatic rings. The van der Waals surface area contributed by atoms with Gasteiger partial charge in [0.2, 0.25) is 0 Å². The maximum Gasteiger partial charge on any atom is 0.124 e. The van der Waals surface area contributed by atoms with Crippen molar-refractivity contribution in [1.82, 2.24) is 10.2 Å². The highest BCUT2D eigenvalue weighted by molar-refractivity contribution is 5.88. The molecule has 0 bridgehead atoms. The first-order valence-electron chi connectivity index (χ1n) is 8.44. The number of ether oxygens (including phenoxy) is 1. The predicted octanol–water partition coefficient (Wildman–Crippen LogP) is 3.59. The minimum Gasteiger partial charge on any atom is -0.494 e. The van der Waals surface area contributed by atoms with E-state index in [4.69, 9.17) is 4.74 Å². The molecule has 1 saturated heterocycles. The first-order valence-corrected chi connectivity index (χ1v) is 8.44. The molecule has 2 aromatic carbocycles. The van der Waals surface area contributed by atoms with E-state index in [0.29, 0.717) is 12.6 Å². The quantitative estimate of drug-likeness (QED) is 0.913. The van der Waals surface area contributed by atoms with Gasteiger partial charge in [-0.3, -0.25) is 4.90 Å². The van der Waals surface area contributed by atoms with Gasteiger partial charge in [0.05, 0.1) is 6.61 Å². The minimum atomic E-state index is 0.426. The summed E-state index contributed by atoms with van der Waals surface area (Å²) in [4.78, 5) is 2.60. The fourth-order valence-corrected chi connectivity index (χ4v) is 3.54. The number of nitrogens with zero attached hydrogens (tertiary/aromatic N) is 1. The molecule has 3 rings (SSSR count). The Bertz CT molecular complexity index is 620. The Balaban J connectivity index is 2.09. The number of hydrogen-bond donors (Lipinski definition) is 1. The lowest BCUT2D eigenvalue weighted by Crippen LogP contribution is -2.45. The lowest BCUT2D eigenvalue weighted by Gasteiger charge is -2.36. The Morgan fingerprint density at radius 1 is 1.09 bits per heavy atom. The molecule has 3 heteroatoms. The van der Waals surface area contributed by atoms with Crippen molar-refractivity contribution < 1.29 is 4.74 Å². The van der Waals surface area contributed by atoms with Gasteiger partial charge in [0, 0.05) is 37.8 Å². The molecule has 1 atom stereocenters. The maximum absolute atomic E-state index is 5.98. The summed E-state index contributed by atoms with van der Waals surface area (Å²) in [6, 6.07) is 13.4. The molecule has 1 N–H and O–H groups in total. The molecule has 3 nitrogen and oxygen atoms in total. The van der Waals surface area contributed by atoms with E-state index in [1.807, 2.05) is 0 Å². The van der Waals surface area contributed by atoms with Crippen molar-refractivity contribution in [2.45, 2.75) is 26.3 Å². The number of fused-ring (bicyclic) bond motifs is 1. The molecule has 1 aliphatic heterocycles. The van der Waals surface area contributed by atoms with Crippen LogP contribution in [0, 0.1) is 0 Å². The van der Waals surface area contributed by atoms with E-state index in [2.05, 4.69) is 60.5 Å². The molecular formula is C19H26N2O. The van der Waals surface area contributed by atoms with Crippen LogP contribution in [0.4, 0.5) is 0 Å². The van der Waals surface area contributed by atoms with Gasteiger partial charge in [-0.1, -0.05) is 37.3 Å². The average molecular weight is 298 g/mol. The highest BCUT2D eigenvalue weighted by Crippen LogP contribution is 2.37. The van der Waals surface area contributed by atoms with E-state index < -0.39 is 0 Å². The Labute approximate surface area is 133 Å². The summed E-state index contributed by atoms with van der Waals surface area (Å²) in [5.41, 5.74) is 1.37. The molecule has 22 heavy (non-hydrogen) atoms. The van der Waals surface area contributed by atoms with Crippen LogP contribution in [0.1, 0.15) is 31.9 Å². The first kappa shape index (κ1) is 15.3. The van der Waals surface area contributed by atoms with E-state index in [1.54, 1.807) is 0 Å². The zero-order valence-corrected chi connectivity index (χ0v) is 13.6. The largest absolute Gasteiger partial charge is 0.494 e. The highest BCUT2D eigenvalue weighted by Gasteiger charge is 2.25. The minimum absolute atomic E-state index is 0.426. The third kappa shape index (κ3) is 2.96. The van der Waals surface area contributed by atoms with Crippen LogP contribution in [0.25, 0.3) is 10.8 Å². The van der Waals surface area contributed by atoms with Gasteiger partial charge in [-0.25, -0.2) is 0 Å². The van der Waals surface area contributed by atoms with Gasteiger partial charge in [0.1, 0.15) is 5.75 Å². The van der Waals surface area contributed by atoms with Crippen LogP contribution in [0.3, 0.4) is 0 Å². The van der Waals surface area contributed by atoms with E-state index in [-0.39, 0.29) is 0 Å². The average Bonchev–Trinajstić information content (AvgIpc) is 2.58. The van der Waals surface area contributed by atoms with E-state index >= 15 is 0 Å². The van der Waals surface area contributed by atoms with Crippen LogP contribution >= 0.6 is 0 Å². The monoisotopic (exact) mass is 298 g/mol. The van der Waals surface area contributed by atoms with E-state index in [0.717, 1.165) is 38.3 Å². The zero-order valence-electron chi connectivity index (χ0n) is 13.6. The predicted molar refractivity (Wildman–Crippen MR) is 92.6 cm³/mol. The molecule has 1 aliphatic rings. The molecule has 1 fully saturated rings. The van der Waals surface area contributed by atoms with Crippen molar-refractivity contribution in [3.8, 4) is 5.75 Å². The molecule has 0 radical (unpaired) electrons. The Hall–Kier alpha value is -1.58. The summed E-state index contributed by atoms with van der Waals surface area (Å²) in [7, 11) is 0. The van der Waals surface area contributed by atoms with Crippen LogP contribution < -0.4 is 10.1 Å². The molecule has 0 saturated carbocycles. The van der Waals surface area contributed by atoms with Gasteiger partial charge >= 0.3 is 0 Å². The maximum atomic E-state index is 5.98. The smallest absolute Gasteiger partial charge is 0.124 e. The second-order valence-electron chi connectivity index (χ2n) is 5.84. The standard InChI is InChI=1S/C19H26N2O/c1-3-17(21-13-11-20-12-14-21)19-16-8-6-5-7-15(16)9-10-18(19)22-4-2/h5-10,17,20H,3-4,11-14H2,1-2H3/t17-/m0/s1. The number of piperazine rings is 1. The van der Waals surface area contributed by atoms with Gasteiger partial charge in [-0.2, -0.15) is 0 Å². The van der Waals surface area contributed by atoms with E-state index in [9.17, 15) is 0 Å². The third-order valence-corrected chi connectivity index (χ3v) is 4.54. The Morgan fingerprint density at radius 3 is 2.59 bits per heavy atom. The van der Waals surface area contributed by atoms with Gasteiger partial charge < -0.3 is 10.1 Å². The van der Waals surface area contributed by atoms with Crippen molar-refractivity contribution in [3.63, 3.8) is 0 Å². The lowest BCUT2D eigenvalue weighted by atomic mass is 9.94.